The summed E-state index contributed by atoms with van der Waals surface area (Å²) in [5, 5.41) is 0.454. The number of halogens is 2. The van der Waals surface area contributed by atoms with Crippen molar-refractivity contribution in [1.82, 2.24) is 0 Å². The lowest BCUT2D eigenvalue weighted by molar-refractivity contribution is 0.335. The van der Waals surface area contributed by atoms with Crippen LogP contribution in [0.15, 0.2) is 12.1 Å². The lowest BCUT2D eigenvalue weighted by atomic mass is 10.2. The Morgan fingerprint density at radius 3 is 2.75 bits per heavy atom. The van der Waals surface area contributed by atoms with E-state index in [2.05, 4.69) is 0 Å². The SMILES string of the molecule is CCOc1c(Cl)ccc(F)c1C. The van der Waals surface area contributed by atoms with Gasteiger partial charge in [0.15, 0.2) is 0 Å². The van der Waals surface area contributed by atoms with Crippen molar-refractivity contribution in [2.75, 3.05) is 6.61 Å². The van der Waals surface area contributed by atoms with Crippen molar-refractivity contribution in [3.8, 4) is 5.75 Å². The van der Waals surface area contributed by atoms with Gasteiger partial charge in [0.25, 0.3) is 0 Å². The van der Waals surface area contributed by atoms with Gasteiger partial charge < -0.3 is 4.74 Å². The molecule has 0 N–H and O–H groups in total. The zero-order chi connectivity index (χ0) is 9.14. The molecule has 0 radical (unpaired) electrons. The zero-order valence-electron chi connectivity index (χ0n) is 7.03. The van der Waals surface area contributed by atoms with Crippen LogP contribution in [0.5, 0.6) is 5.75 Å². The minimum absolute atomic E-state index is 0.289. The molecular formula is C9H10ClFO. The minimum Gasteiger partial charge on any atom is -0.492 e. The van der Waals surface area contributed by atoms with E-state index in [9.17, 15) is 4.39 Å². The minimum atomic E-state index is -0.289. The van der Waals surface area contributed by atoms with Crippen LogP contribution in [0.3, 0.4) is 0 Å². The maximum Gasteiger partial charge on any atom is 0.143 e. The molecule has 0 saturated carbocycles. The van der Waals surface area contributed by atoms with E-state index in [1.165, 1.54) is 12.1 Å². The molecule has 0 heterocycles. The molecule has 0 atom stereocenters. The number of benzene rings is 1. The van der Waals surface area contributed by atoms with E-state index >= 15 is 0 Å². The van der Waals surface area contributed by atoms with Crippen LogP contribution in [0.25, 0.3) is 0 Å². The standard InChI is InChI=1S/C9H10ClFO/c1-3-12-9-6(2)8(11)5-4-7(9)10/h4-5H,3H2,1-2H3. The average Bonchev–Trinajstić information content (AvgIpc) is 2.06. The first-order valence-corrected chi connectivity index (χ1v) is 4.12. The molecule has 1 rings (SSSR count). The van der Waals surface area contributed by atoms with Crippen molar-refractivity contribution in [2.24, 2.45) is 0 Å². The lowest BCUT2D eigenvalue weighted by Gasteiger charge is -2.08. The fraction of sp³-hybridized carbons (Fsp3) is 0.333. The van der Waals surface area contributed by atoms with E-state index in [-0.39, 0.29) is 5.82 Å². The highest BCUT2D eigenvalue weighted by atomic mass is 35.5. The predicted octanol–water partition coefficient (Wildman–Crippen LogP) is 3.19. The second-order valence-corrected chi connectivity index (χ2v) is 2.82. The van der Waals surface area contributed by atoms with Crippen LogP contribution < -0.4 is 4.74 Å². The Morgan fingerprint density at radius 2 is 2.17 bits per heavy atom. The molecule has 0 amide bonds. The van der Waals surface area contributed by atoms with Crippen molar-refractivity contribution >= 4 is 11.6 Å². The predicted molar refractivity (Wildman–Crippen MR) is 47.3 cm³/mol. The summed E-state index contributed by atoms with van der Waals surface area (Å²) in [5.41, 5.74) is 0.462. The third kappa shape index (κ3) is 1.69. The van der Waals surface area contributed by atoms with Crippen LogP contribution in [0.1, 0.15) is 12.5 Å². The Balaban J connectivity index is 3.14. The van der Waals surface area contributed by atoms with E-state index in [1.54, 1.807) is 6.92 Å². The maximum atomic E-state index is 12.9. The monoisotopic (exact) mass is 188 g/mol. The van der Waals surface area contributed by atoms with E-state index in [1.807, 2.05) is 6.92 Å². The Kier molecular flexibility index (Phi) is 2.93. The average molecular weight is 189 g/mol. The molecule has 3 heteroatoms. The summed E-state index contributed by atoms with van der Waals surface area (Å²) >= 11 is 5.79. The third-order valence-corrected chi connectivity index (χ3v) is 1.88. The molecule has 0 aliphatic carbocycles. The normalized spacial score (nSPS) is 10.0. The molecule has 0 saturated heterocycles. The molecule has 1 nitrogen and oxygen atoms in total. The fourth-order valence-electron chi connectivity index (χ4n) is 0.956. The Labute approximate surface area is 76.1 Å². The molecule has 12 heavy (non-hydrogen) atoms. The van der Waals surface area contributed by atoms with Gasteiger partial charge in [0.05, 0.1) is 11.6 Å². The van der Waals surface area contributed by atoms with Gasteiger partial charge in [-0.2, -0.15) is 0 Å². The molecule has 66 valence electrons. The first-order chi connectivity index (χ1) is 5.66. The summed E-state index contributed by atoms with van der Waals surface area (Å²) < 4.78 is 18.1. The van der Waals surface area contributed by atoms with Crippen LogP contribution in [0.2, 0.25) is 5.02 Å². The molecule has 1 aromatic carbocycles. The van der Waals surface area contributed by atoms with Gasteiger partial charge in [-0.3, -0.25) is 0 Å². The van der Waals surface area contributed by atoms with Gasteiger partial charge >= 0.3 is 0 Å². The van der Waals surface area contributed by atoms with E-state index in [4.69, 9.17) is 16.3 Å². The summed E-state index contributed by atoms with van der Waals surface area (Å²) in [6.07, 6.45) is 0. The van der Waals surface area contributed by atoms with E-state index < -0.39 is 0 Å². The topological polar surface area (TPSA) is 9.23 Å². The Hall–Kier alpha value is -0.760. The molecule has 0 aliphatic heterocycles. The third-order valence-electron chi connectivity index (χ3n) is 1.58. The Bertz CT molecular complexity index is 286. The fourth-order valence-corrected chi connectivity index (χ4v) is 1.22. The van der Waals surface area contributed by atoms with Crippen molar-refractivity contribution in [2.45, 2.75) is 13.8 Å². The first kappa shape index (κ1) is 9.33. The van der Waals surface area contributed by atoms with Gasteiger partial charge in [0.2, 0.25) is 0 Å². The number of hydrogen-bond donors (Lipinski definition) is 0. The summed E-state index contributed by atoms with van der Waals surface area (Å²) in [4.78, 5) is 0. The van der Waals surface area contributed by atoms with Crippen LogP contribution in [0, 0.1) is 12.7 Å². The van der Waals surface area contributed by atoms with Crippen molar-refractivity contribution in [3.63, 3.8) is 0 Å². The molecule has 0 aliphatic rings. The van der Waals surface area contributed by atoms with Crippen LogP contribution in [-0.4, -0.2) is 6.61 Å². The summed E-state index contributed by atoms with van der Waals surface area (Å²) in [7, 11) is 0. The highest BCUT2D eigenvalue weighted by molar-refractivity contribution is 6.32. The maximum absolute atomic E-state index is 12.9. The summed E-state index contributed by atoms with van der Waals surface area (Å²) in [6.45, 7) is 3.97. The second-order valence-electron chi connectivity index (χ2n) is 2.42. The van der Waals surface area contributed by atoms with Crippen molar-refractivity contribution in [1.29, 1.82) is 0 Å². The molecule has 0 fully saturated rings. The van der Waals surface area contributed by atoms with Gasteiger partial charge in [-0.1, -0.05) is 11.6 Å². The molecular weight excluding hydrogens is 179 g/mol. The number of ether oxygens (including phenoxy) is 1. The highest BCUT2D eigenvalue weighted by Crippen LogP contribution is 2.29. The van der Waals surface area contributed by atoms with Crippen LogP contribution >= 0.6 is 11.6 Å². The first-order valence-electron chi connectivity index (χ1n) is 3.74. The van der Waals surface area contributed by atoms with Crippen molar-refractivity contribution in [3.05, 3.63) is 28.5 Å². The molecule has 0 bridgehead atoms. The van der Waals surface area contributed by atoms with Crippen LogP contribution in [-0.2, 0) is 0 Å². The highest BCUT2D eigenvalue weighted by Gasteiger charge is 2.08. The molecule has 0 spiro atoms. The quantitative estimate of drug-likeness (QED) is 0.693. The lowest BCUT2D eigenvalue weighted by Crippen LogP contribution is -1.96. The largest absolute Gasteiger partial charge is 0.492 e. The summed E-state index contributed by atoms with van der Waals surface area (Å²) in [5.74, 6) is 0.155. The van der Waals surface area contributed by atoms with Crippen molar-refractivity contribution < 1.29 is 9.13 Å². The summed E-state index contributed by atoms with van der Waals surface area (Å²) in [6, 6.07) is 2.83. The van der Waals surface area contributed by atoms with Crippen LogP contribution in [0.4, 0.5) is 4.39 Å². The van der Waals surface area contributed by atoms with Gasteiger partial charge in [-0.15, -0.1) is 0 Å². The molecule has 1 aromatic rings. The van der Waals surface area contributed by atoms with E-state index in [0.717, 1.165) is 0 Å². The van der Waals surface area contributed by atoms with Gasteiger partial charge in [0.1, 0.15) is 11.6 Å². The molecule has 0 unspecified atom stereocenters. The Morgan fingerprint density at radius 1 is 1.50 bits per heavy atom. The number of rotatable bonds is 2. The number of hydrogen-bond acceptors (Lipinski definition) is 1. The van der Waals surface area contributed by atoms with Gasteiger partial charge in [-0.25, -0.2) is 4.39 Å². The van der Waals surface area contributed by atoms with E-state index in [0.29, 0.717) is 22.9 Å². The second kappa shape index (κ2) is 3.76. The van der Waals surface area contributed by atoms with Gasteiger partial charge in [0, 0.05) is 5.56 Å². The van der Waals surface area contributed by atoms with Gasteiger partial charge in [-0.05, 0) is 26.0 Å². The molecule has 0 aromatic heterocycles. The zero-order valence-corrected chi connectivity index (χ0v) is 7.78. The smallest absolute Gasteiger partial charge is 0.143 e.